The average molecular weight is 726 g/mol. The number of aromatic nitrogens is 1. The minimum Gasteiger partial charge on any atom is -0.309 e. The third-order valence-electron chi connectivity index (χ3n) is 13.3. The summed E-state index contributed by atoms with van der Waals surface area (Å²) in [5.41, 5.74) is 21.7. The SMILES string of the molecule is Cc1cccc(C)c1B(c1c(C)cccc1C)c1c(C)cc(-c2ccc(C3(c4ccc(-n5c6ccccc6c6ccccc65)cc4)CCCCC3)cc2)cc1C. The van der Waals surface area contributed by atoms with E-state index in [9.17, 15) is 0 Å². The van der Waals surface area contributed by atoms with Gasteiger partial charge >= 0.3 is 0 Å². The van der Waals surface area contributed by atoms with Crippen LogP contribution in [0.4, 0.5) is 0 Å². The van der Waals surface area contributed by atoms with E-state index in [0.29, 0.717) is 0 Å². The molecule has 1 aliphatic rings. The van der Waals surface area contributed by atoms with E-state index in [4.69, 9.17) is 0 Å². The highest BCUT2D eigenvalue weighted by Crippen LogP contribution is 2.46. The smallest absolute Gasteiger partial charge is 0.243 e. The van der Waals surface area contributed by atoms with Crippen LogP contribution in [0.25, 0.3) is 38.6 Å². The van der Waals surface area contributed by atoms with Crippen LogP contribution < -0.4 is 16.4 Å². The van der Waals surface area contributed by atoms with Gasteiger partial charge in [-0.05, 0) is 101 Å². The first kappa shape index (κ1) is 36.1. The fraction of sp³-hybridized carbons (Fsp3) is 0.222. The van der Waals surface area contributed by atoms with Crippen LogP contribution in [-0.2, 0) is 5.41 Å². The van der Waals surface area contributed by atoms with Crippen molar-refractivity contribution in [3.8, 4) is 16.8 Å². The Morgan fingerprint density at radius 2 is 0.839 bits per heavy atom. The summed E-state index contributed by atoms with van der Waals surface area (Å²) in [5.74, 6) is 0. The summed E-state index contributed by atoms with van der Waals surface area (Å²) in [6.07, 6.45) is 6.21. The van der Waals surface area contributed by atoms with E-state index in [0.717, 1.165) is 0 Å². The molecule has 0 bridgehead atoms. The van der Waals surface area contributed by atoms with Crippen LogP contribution in [0.3, 0.4) is 0 Å². The lowest BCUT2D eigenvalue weighted by Crippen LogP contribution is -2.57. The Labute approximate surface area is 334 Å². The van der Waals surface area contributed by atoms with Crippen molar-refractivity contribution >= 4 is 44.9 Å². The summed E-state index contributed by atoms with van der Waals surface area (Å²) >= 11 is 0. The lowest BCUT2D eigenvalue weighted by Gasteiger charge is -2.39. The molecular weight excluding hydrogens is 673 g/mol. The summed E-state index contributed by atoms with van der Waals surface area (Å²) in [7, 11) is 0. The van der Waals surface area contributed by atoms with Gasteiger partial charge in [0.25, 0.3) is 0 Å². The van der Waals surface area contributed by atoms with Crippen LogP contribution >= 0.6 is 0 Å². The minimum atomic E-state index is 0.0237. The Kier molecular flexibility index (Phi) is 9.33. The van der Waals surface area contributed by atoms with Crippen molar-refractivity contribution in [2.75, 3.05) is 0 Å². The van der Waals surface area contributed by atoms with E-state index < -0.39 is 0 Å². The van der Waals surface area contributed by atoms with Crippen molar-refractivity contribution in [2.24, 2.45) is 0 Å². The van der Waals surface area contributed by atoms with E-state index in [1.807, 2.05) is 0 Å². The number of hydrogen-bond acceptors (Lipinski definition) is 0. The topological polar surface area (TPSA) is 4.93 Å². The standard InChI is InChI=1S/C54H52BN/c1-36-16-14-17-37(2)51(36)55(52-38(3)18-15-19-39(52)4)53-40(5)34-43(35-41(53)6)42-24-26-44(27-25-42)54(32-12-7-13-33-54)45-28-30-46(31-29-45)56-49-22-10-8-20-47(49)48-21-9-11-23-50(48)56/h8-11,14-31,34-35H,7,12-13,32-33H2,1-6H3. The second kappa shape index (κ2) is 14.5. The molecule has 1 fully saturated rings. The van der Waals surface area contributed by atoms with E-state index in [1.165, 1.54) is 132 Å². The number of para-hydroxylation sites is 2. The molecule has 0 N–H and O–H groups in total. The highest BCUT2D eigenvalue weighted by molar-refractivity contribution is 6.97. The maximum absolute atomic E-state index is 2.44. The molecule has 0 radical (unpaired) electrons. The number of nitrogens with zero attached hydrogens (tertiary/aromatic N) is 1. The maximum Gasteiger partial charge on any atom is 0.243 e. The molecule has 0 saturated heterocycles. The molecule has 0 aliphatic heterocycles. The molecule has 7 aromatic carbocycles. The van der Waals surface area contributed by atoms with E-state index in [2.05, 4.69) is 192 Å². The van der Waals surface area contributed by atoms with Gasteiger partial charge in [-0.2, -0.15) is 0 Å². The van der Waals surface area contributed by atoms with Crippen molar-refractivity contribution in [3.05, 3.63) is 190 Å². The molecule has 0 unspecified atom stereocenters. The van der Waals surface area contributed by atoms with Crippen LogP contribution in [0.15, 0.2) is 146 Å². The van der Waals surface area contributed by atoms with Crippen LogP contribution in [0.5, 0.6) is 0 Å². The largest absolute Gasteiger partial charge is 0.309 e. The summed E-state index contributed by atoms with van der Waals surface area (Å²) in [5, 5.41) is 2.61. The molecule has 1 heterocycles. The van der Waals surface area contributed by atoms with Gasteiger partial charge in [0.05, 0.1) is 11.0 Å². The predicted molar refractivity (Wildman–Crippen MR) is 242 cm³/mol. The zero-order valence-electron chi connectivity index (χ0n) is 33.9. The van der Waals surface area contributed by atoms with Crippen molar-refractivity contribution in [2.45, 2.75) is 79.1 Å². The van der Waals surface area contributed by atoms with Crippen molar-refractivity contribution in [1.82, 2.24) is 4.57 Å². The quantitative estimate of drug-likeness (QED) is 0.144. The Morgan fingerprint density at radius 1 is 0.411 bits per heavy atom. The Bertz CT molecular complexity index is 2550. The first-order valence-electron chi connectivity index (χ1n) is 20.7. The lowest BCUT2D eigenvalue weighted by molar-refractivity contribution is 0.346. The molecule has 2 heteroatoms. The summed E-state index contributed by atoms with van der Waals surface area (Å²) < 4.78 is 2.43. The van der Waals surface area contributed by atoms with E-state index in [1.54, 1.807) is 0 Å². The minimum absolute atomic E-state index is 0.0237. The van der Waals surface area contributed by atoms with Crippen LogP contribution in [-0.4, -0.2) is 11.3 Å². The fourth-order valence-electron chi connectivity index (χ4n) is 10.6. The summed E-state index contributed by atoms with van der Waals surface area (Å²) in [6.45, 7) is 14.0. The summed E-state index contributed by atoms with van der Waals surface area (Å²) in [4.78, 5) is 0. The van der Waals surface area contributed by atoms with Gasteiger partial charge in [-0.15, -0.1) is 0 Å². The first-order chi connectivity index (χ1) is 27.2. The molecule has 1 nitrogen and oxygen atoms in total. The highest BCUT2D eigenvalue weighted by atomic mass is 15.0. The maximum atomic E-state index is 2.44. The zero-order valence-corrected chi connectivity index (χ0v) is 33.9. The molecule has 276 valence electrons. The molecule has 0 amide bonds. The molecular formula is C54H52BN. The molecule has 1 saturated carbocycles. The molecule has 56 heavy (non-hydrogen) atoms. The highest BCUT2D eigenvalue weighted by Gasteiger charge is 2.36. The zero-order chi connectivity index (χ0) is 38.6. The summed E-state index contributed by atoms with van der Waals surface area (Å²) in [6, 6.07) is 55.2. The molecule has 1 aromatic heterocycles. The van der Waals surface area contributed by atoms with E-state index in [-0.39, 0.29) is 12.1 Å². The number of fused-ring (bicyclic) bond motifs is 3. The third-order valence-corrected chi connectivity index (χ3v) is 13.3. The number of benzene rings is 7. The molecule has 1 aliphatic carbocycles. The second-order valence-electron chi connectivity index (χ2n) is 16.7. The van der Waals surface area contributed by atoms with Gasteiger partial charge in [-0.1, -0.05) is 190 Å². The lowest BCUT2D eigenvalue weighted by atomic mass is 9.33. The number of hydrogen-bond donors (Lipinski definition) is 0. The number of rotatable bonds is 7. The third kappa shape index (κ3) is 6.02. The average Bonchev–Trinajstić information content (AvgIpc) is 3.55. The van der Waals surface area contributed by atoms with Gasteiger partial charge in [-0.3, -0.25) is 0 Å². The van der Waals surface area contributed by atoms with Gasteiger partial charge in [0.15, 0.2) is 0 Å². The van der Waals surface area contributed by atoms with Crippen molar-refractivity contribution in [3.63, 3.8) is 0 Å². The Balaban J connectivity index is 1.08. The van der Waals surface area contributed by atoms with Crippen LogP contribution in [0.1, 0.15) is 76.6 Å². The van der Waals surface area contributed by atoms with Crippen LogP contribution in [0, 0.1) is 41.5 Å². The van der Waals surface area contributed by atoms with Gasteiger partial charge in [0.1, 0.15) is 0 Å². The second-order valence-corrected chi connectivity index (χ2v) is 16.7. The van der Waals surface area contributed by atoms with Crippen LogP contribution in [0.2, 0.25) is 0 Å². The van der Waals surface area contributed by atoms with Gasteiger partial charge < -0.3 is 4.57 Å². The first-order valence-corrected chi connectivity index (χ1v) is 20.7. The fourth-order valence-corrected chi connectivity index (χ4v) is 10.6. The van der Waals surface area contributed by atoms with E-state index >= 15 is 0 Å². The Hall–Kier alpha value is -5.60. The van der Waals surface area contributed by atoms with Crippen molar-refractivity contribution < 1.29 is 0 Å². The van der Waals surface area contributed by atoms with Gasteiger partial charge in [-0.25, -0.2) is 0 Å². The monoisotopic (exact) mass is 725 g/mol. The Morgan fingerprint density at radius 3 is 1.32 bits per heavy atom. The van der Waals surface area contributed by atoms with Crippen molar-refractivity contribution in [1.29, 1.82) is 0 Å². The molecule has 0 spiro atoms. The number of aryl methyl sites for hydroxylation is 6. The van der Waals surface area contributed by atoms with Gasteiger partial charge in [0.2, 0.25) is 6.71 Å². The molecule has 9 rings (SSSR count). The van der Waals surface area contributed by atoms with Gasteiger partial charge in [0, 0.05) is 21.9 Å². The predicted octanol–water partition coefficient (Wildman–Crippen LogP) is 12.1. The normalized spacial score (nSPS) is 14.0. The molecule has 0 atom stereocenters. The molecule has 8 aromatic rings.